The molecule has 0 aliphatic carbocycles. The van der Waals surface area contributed by atoms with E-state index in [1.54, 1.807) is 11.4 Å². The summed E-state index contributed by atoms with van der Waals surface area (Å²) < 4.78 is 27.4. The van der Waals surface area contributed by atoms with E-state index in [1.807, 2.05) is 7.05 Å². The molecule has 1 aliphatic rings. The summed E-state index contributed by atoms with van der Waals surface area (Å²) in [6, 6.07) is 0. The van der Waals surface area contributed by atoms with E-state index in [2.05, 4.69) is 5.32 Å². The van der Waals surface area contributed by atoms with Crippen LogP contribution in [-0.4, -0.2) is 57.3 Å². The van der Waals surface area contributed by atoms with Gasteiger partial charge in [-0.1, -0.05) is 12.8 Å². The maximum atomic E-state index is 12.2. The molecule has 1 aliphatic heterocycles. The van der Waals surface area contributed by atoms with Gasteiger partial charge in [-0.3, -0.25) is 0 Å². The molecule has 0 aromatic heterocycles. The fourth-order valence-corrected chi connectivity index (χ4v) is 3.29. The summed E-state index contributed by atoms with van der Waals surface area (Å²) in [4.78, 5) is 0. The molecular weight excluding hydrogens is 226 g/mol. The topological polar surface area (TPSA) is 52.7 Å². The molecule has 0 radical (unpaired) electrons. The first kappa shape index (κ1) is 13.9. The van der Waals surface area contributed by atoms with Gasteiger partial charge in [0.25, 0.3) is 10.2 Å². The average Bonchev–Trinajstić information content (AvgIpc) is 2.54. The van der Waals surface area contributed by atoms with Gasteiger partial charge in [0.1, 0.15) is 0 Å². The van der Waals surface area contributed by atoms with Crippen LogP contribution in [0.25, 0.3) is 0 Å². The fourth-order valence-electron chi connectivity index (χ4n) is 1.85. The van der Waals surface area contributed by atoms with Gasteiger partial charge in [0.05, 0.1) is 0 Å². The molecule has 1 fully saturated rings. The predicted octanol–water partition coefficient (Wildman–Crippen LogP) is 0.258. The highest BCUT2D eigenvalue weighted by Gasteiger charge is 2.26. The monoisotopic (exact) mass is 249 g/mol. The van der Waals surface area contributed by atoms with Crippen LogP contribution in [0.15, 0.2) is 0 Å². The molecule has 1 rings (SSSR count). The van der Waals surface area contributed by atoms with E-state index >= 15 is 0 Å². The van der Waals surface area contributed by atoms with Crippen LogP contribution < -0.4 is 5.32 Å². The molecule has 0 aromatic carbocycles. The summed E-state index contributed by atoms with van der Waals surface area (Å²) in [5, 5.41) is 2.96. The molecule has 1 saturated heterocycles. The Hall–Kier alpha value is -0.170. The van der Waals surface area contributed by atoms with Crippen LogP contribution in [0.5, 0.6) is 0 Å². The smallest absolute Gasteiger partial charge is 0.281 e. The lowest BCUT2D eigenvalue weighted by molar-refractivity contribution is 0.365. The number of rotatable bonds is 5. The van der Waals surface area contributed by atoms with Crippen LogP contribution in [0.2, 0.25) is 0 Å². The van der Waals surface area contributed by atoms with E-state index in [9.17, 15) is 8.42 Å². The Morgan fingerprint density at radius 2 is 1.75 bits per heavy atom. The van der Waals surface area contributed by atoms with Crippen LogP contribution in [0.3, 0.4) is 0 Å². The molecular formula is C10H23N3O2S. The van der Waals surface area contributed by atoms with Crippen LogP contribution in [0, 0.1) is 0 Å². The summed E-state index contributed by atoms with van der Waals surface area (Å²) in [6.45, 7) is 2.55. The molecule has 0 unspecified atom stereocenters. The Morgan fingerprint density at radius 1 is 1.19 bits per heavy atom. The van der Waals surface area contributed by atoms with Gasteiger partial charge in [-0.25, -0.2) is 0 Å². The Morgan fingerprint density at radius 3 is 2.25 bits per heavy atom. The molecule has 1 heterocycles. The van der Waals surface area contributed by atoms with Crippen molar-refractivity contribution in [2.45, 2.75) is 25.7 Å². The van der Waals surface area contributed by atoms with E-state index < -0.39 is 10.2 Å². The average molecular weight is 249 g/mol. The quantitative estimate of drug-likeness (QED) is 0.760. The molecule has 0 bridgehead atoms. The van der Waals surface area contributed by atoms with Gasteiger partial charge >= 0.3 is 0 Å². The minimum absolute atomic E-state index is 0.523. The predicted molar refractivity (Wildman–Crippen MR) is 65.5 cm³/mol. The van der Waals surface area contributed by atoms with E-state index in [1.165, 1.54) is 4.31 Å². The number of nitrogens with one attached hydrogen (secondary N) is 1. The van der Waals surface area contributed by atoms with Gasteiger partial charge < -0.3 is 5.32 Å². The maximum absolute atomic E-state index is 12.2. The van der Waals surface area contributed by atoms with Crippen LogP contribution in [-0.2, 0) is 10.2 Å². The maximum Gasteiger partial charge on any atom is 0.281 e. The molecule has 0 amide bonds. The first-order chi connectivity index (χ1) is 7.59. The normalized spacial score (nSPS) is 19.9. The van der Waals surface area contributed by atoms with Crippen molar-refractivity contribution < 1.29 is 8.42 Å². The Bertz CT molecular complexity index is 284. The Balaban J connectivity index is 2.59. The molecule has 0 atom stereocenters. The van der Waals surface area contributed by atoms with Crippen molar-refractivity contribution in [3.05, 3.63) is 0 Å². The van der Waals surface area contributed by atoms with Crippen molar-refractivity contribution in [2.75, 3.05) is 40.3 Å². The third kappa shape index (κ3) is 3.69. The SMILES string of the molecule is CNCCN(C)S(=O)(=O)N1CCCCCC1. The van der Waals surface area contributed by atoms with Gasteiger partial charge in [-0.2, -0.15) is 17.0 Å². The summed E-state index contributed by atoms with van der Waals surface area (Å²) >= 11 is 0. The molecule has 6 heteroatoms. The van der Waals surface area contributed by atoms with Crippen molar-refractivity contribution >= 4 is 10.2 Å². The van der Waals surface area contributed by atoms with Crippen molar-refractivity contribution in [3.63, 3.8) is 0 Å². The molecule has 0 aromatic rings. The largest absolute Gasteiger partial charge is 0.318 e. The second kappa shape index (κ2) is 6.54. The number of hydrogen-bond acceptors (Lipinski definition) is 3. The van der Waals surface area contributed by atoms with Crippen LogP contribution >= 0.6 is 0 Å². The van der Waals surface area contributed by atoms with Crippen LogP contribution in [0.1, 0.15) is 25.7 Å². The summed E-state index contributed by atoms with van der Waals surface area (Å²) in [5.74, 6) is 0. The Kier molecular flexibility index (Phi) is 5.68. The lowest BCUT2D eigenvalue weighted by atomic mass is 10.2. The highest BCUT2D eigenvalue weighted by Crippen LogP contribution is 2.15. The fraction of sp³-hybridized carbons (Fsp3) is 1.00. The summed E-state index contributed by atoms with van der Waals surface area (Å²) in [7, 11) is 0.245. The molecule has 5 nitrogen and oxygen atoms in total. The van der Waals surface area contributed by atoms with Crippen molar-refractivity contribution in [3.8, 4) is 0 Å². The van der Waals surface area contributed by atoms with Gasteiger partial charge in [0.15, 0.2) is 0 Å². The third-order valence-corrected chi connectivity index (χ3v) is 4.95. The second-order valence-electron chi connectivity index (χ2n) is 4.25. The zero-order chi connectivity index (χ0) is 12.0. The van der Waals surface area contributed by atoms with Gasteiger partial charge in [0.2, 0.25) is 0 Å². The van der Waals surface area contributed by atoms with Crippen molar-refractivity contribution in [1.82, 2.24) is 13.9 Å². The van der Waals surface area contributed by atoms with Crippen LogP contribution in [0.4, 0.5) is 0 Å². The van der Waals surface area contributed by atoms with Gasteiger partial charge in [-0.15, -0.1) is 0 Å². The lowest BCUT2D eigenvalue weighted by Crippen LogP contribution is -2.44. The number of nitrogens with zero attached hydrogens (tertiary/aromatic N) is 2. The minimum Gasteiger partial charge on any atom is -0.318 e. The number of hydrogen-bond donors (Lipinski definition) is 1. The highest BCUT2D eigenvalue weighted by atomic mass is 32.2. The van der Waals surface area contributed by atoms with Crippen molar-refractivity contribution in [2.24, 2.45) is 0 Å². The third-order valence-electron chi connectivity index (χ3n) is 2.96. The first-order valence-corrected chi connectivity index (χ1v) is 7.34. The lowest BCUT2D eigenvalue weighted by Gasteiger charge is -2.26. The second-order valence-corrected chi connectivity index (χ2v) is 6.28. The molecule has 1 N–H and O–H groups in total. The zero-order valence-electron chi connectivity index (χ0n) is 10.3. The highest BCUT2D eigenvalue weighted by molar-refractivity contribution is 7.86. The standard InChI is InChI=1S/C10H23N3O2S/c1-11-7-10-12(2)16(14,15)13-8-5-3-4-6-9-13/h11H,3-10H2,1-2H3. The van der Waals surface area contributed by atoms with Gasteiger partial charge in [-0.05, 0) is 19.9 Å². The summed E-state index contributed by atoms with van der Waals surface area (Å²) in [6.07, 6.45) is 4.26. The zero-order valence-corrected chi connectivity index (χ0v) is 11.1. The molecule has 0 spiro atoms. The van der Waals surface area contributed by atoms with E-state index in [0.717, 1.165) is 25.7 Å². The van der Waals surface area contributed by atoms with E-state index in [4.69, 9.17) is 0 Å². The van der Waals surface area contributed by atoms with E-state index in [-0.39, 0.29) is 0 Å². The molecule has 16 heavy (non-hydrogen) atoms. The van der Waals surface area contributed by atoms with E-state index in [0.29, 0.717) is 26.2 Å². The van der Waals surface area contributed by atoms with Gasteiger partial charge in [0, 0.05) is 33.2 Å². The Labute approximate surface area is 99.0 Å². The van der Waals surface area contributed by atoms with Crippen molar-refractivity contribution in [1.29, 1.82) is 0 Å². The summed E-state index contributed by atoms with van der Waals surface area (Å²) in [5.41, 5.74) is 0. The number of likely N-dealkylation sites (N-methyl/N-ethyl adjacent to an activating group) is 2. The first-order valence-electron chi connectivity index (χ1n) is 5.95. The molecule has 0 saturated carbocycles. The minimum atomic E-state index is -3.23. The molecule has 96 valence electrons.